The number of carbonyl (C=O) groups is 2. The van der Waals surface area contributed by atoms with Gasteiger partial charge < -0.3 is 14.2 Å². The van der Waals surface area contributed by atoms with Crippen molar-refractivity contribution in [3.8, 4) is 0 Å². The number of ether oxygens (including phenoxy) is 1. The summed E-state index contributed by atoms with van der Waals surface area (Å²) >= 11 is 0. The molecule has 1 aromatic carbocycles. The van der Waals surface area contributed by atoms with Crippen LogP contribution in [0.3, 0.4) is 0 Å². The molecule has 164 valence electrons. The summed E-state index contributed by atoms with van der Waals surface area (Å²) in [5, 5.41) is 0. The average molecular weight is 427 g/mol. The van der Waals surface area contributed by atoms with Crippen molar-refractivity contribution in [2.45, 2.75) is 25.9 Å². The SMILES string of the molecule is CC(c1ccccc1)N(C)C(=O)COC(=O)CCn1cnc2c1c(=O)n(C)c(=O)n2C. The van der Waals surface area contributed by atoms with Gasteiger partial charge in [-0.15, -0.1) is 0 Å². The summed E-state index contributed by atoms with van der Waals surface area (Å²) in [5.74, 6) is -0.890. The normalized spacial score (nSPS) is 12.0. The number of imidazole rings is 1. The number of carbonyl (C=O) groups excluding carboxylic acids is 2. The van der Waals surface area contributed by atoms with Crippen LogP contribution in [0.5, 0.6) is 0 Å². The average Bonchev–Trinajstić information content (AvgIpc) is 3.22. The highest BCUT2D eigenvalue weighted by Gasteiger charge is 2.19. The molecule has 2 aromatic heterocycles. The molecule has 0 spiro atoms. The number of fused-ring (bicyclic) bond motifs is 1. The van der Waals surface area contributed by atoms with E-state index in [9.17, 15) is 19.2 Å². The van der Waals surface area contributed by atoms with Gasteiger partial charge in [0.2, 0.25) is 0 Å². The second-order valence-electron chi connectivity index (χ2n) is 7.32. The molecular formula is C21H25N5O5. The summed E-state index contributed by atoms with van der Waals surface area (Å²) in [6.45, 7) is 1.66. The number of aromatic nitrogens is 4. The van der Waals surface area contributed by atoms with Crippen molar-refractivity contribution < 1.29 is 14.3 Å². The van der Waals surface area contributed by atoms with Crippen molar-refractivity contribution in [1.82, 2.24) is 23.6 Å². The fourth-order valence-corrected chi connectivity index (χ4v) is 3.27. The Balaban J connectivity index is 1.59. The highest BCUT2D eigenvalue weighted by atomic mass is 16.5. The zero-order chi connectivity index (χ0) is 22.7. The van der Waals surface area contributed by atoms with E-state index >= 15 is 0 Å². The first-order valence-corrected chi connectivity index (χ1v) is 9.79. The molecule has 0 fully saturated rings. The van der Waals surface area contributed by atoms with Crippen molar-refractivity contribution in [2.75, 3.05) is 13.7 Å². The van der Waals surface area contributed by atoms with Crippen LogP contribution >= 0.6 is 0 Å². The molecule has 0 aliphatic heterocycles. The van der Waals surface area contributed by atoms with Gasteiger partial charge in [0.15, 0.2) is 17.8 Å². The summed E-state index contributed by atoms with van der Waals surface area (Å²) in [5.41, 5.74) is 0.482. The van der Waals surface area contributed by atoms with Gasteiger partial charge in [-0.25, -0.2) is 9.78 Å². The first kappa shape index (κ1) is 22.0. The summed E-state index contributed by atoms with van der Waals surface area (Å²) in [4.78, 5) is 54.6. The third-order valence-corrected chi connectivity index (χ3v) is 5.39. The summed E-state index contributed by atoms with van der Waals surface area (Å²) in [6.07, 6.45) is 1.35. The molecule has 1 amide bonds. The number of esters is 1. The van der Waals surface area contributed by atoms with E-state index in [2.05, 4.69) is 4.98 Å². The minimum absolute atomic E-state index is 0.0529. The van der Waals surface area contributed by atoms with E-state index in [4.69, 9.17) is 4.74 Å². The zero-order valence-electron chi connectivity index (χ0n) is 17.9. The van der Waals surface area contributed by atoms with Crippen LogP contribution in [0.25, 0.3) is 11.2 Å². The molecule has 0 N–H and O–H groups in total. The monoisotopic (exact) mass is 427 g/mol. The number of aryl methyl sites for hydroxylation is 2. The fourth-order valence-electron chi connectivity index (χ4n) is 3.27. The van der Waals surface area contributed by atoms with Crippen LogP contribution in [0, 0.1) is 0 Å². The lowest BCUT2D eigenvalue weighted by Crippen LogP contribution is -2.37. The minimum atomic E-state index is -0.572. The lowest BCUT2D eigenvalue weighted by atomic mass is 10.1. The lowest BCUT2D eigenvalue weighted by molar-refractivity contribution is -0.152. The van der Waals surface area contributed by atoms with Gasteiger partial charge in [0.1, 0.15) is 0 Å². The number of benzene rings is 1. The van der Waals surface area contributed by atoms with Crippen molar-refractivity contribution in [2.24, 2.45) is 14.1 Å². The van der Waals surface area contributed by atoms with Crippen molar-refractivity contribution >= 4 is 23.0 Å². The van der Waals surface area contributed by atoms with E-state index < -0.39 is 17.2 Å². The lowest BCUT2D eigenvalue weighted by Gasteiger charge is -2.25. The van der Waals surface area contributed by atoms with Gasteiger partial charge in [-0.3, -0.25) is 23.5 Å². The molecule has 0 aliphatic carbocycles. The van der Waals surface area contributed by atoms with Gasteiger partial charge in [-0.2, -0.15) is 0 Å². The summed E-state index contributed by atoms with van der Waals surface area (Å²) < 4.78 is 8.88. The van der Waals surface area contributed by atoms with Gasteiger partial charge in [0.25, 0.3) is 11.5 Å². The molecule has 0 saturated carbocycles. The second kappa shape index (κ2) is 8.99. The molecule has 1 unspecified atom stereocenters. The Bertz CT molecular complexity index is 1220. The smallest absolute Gasteiger partial charge is 0.332 e. The molecule has 3 aromatic rings. The van der Waals surface area contributed by atoms with Gasteiger partial charge in [0.05, 0.1) is 18.8 Å². The highest BCUT2D eigenvalue weighted by molar-refractivity contribution is 5.81. The largest absolute Gasteiger partial charge is 0.456 e. The third-order valence-electron chi connectivity index (χ3n) is 5.39. The zero-order valence-corrected chi connectivity index (χ0v) is 17.9. The number of likely N-dealkylation sites (N-methyl/N-ethyl adjacent to an activating group) is 1. The quantitative estimate of drug-likeness (QED) is 0.511. The van der Waals surface area contributed by atoms with Gasteiger partial charge in [0, 0.05) is 27.7 Å². The number of amides is 1. The Kier molecular flexibility index (Phi) is 6.38. The topological polar surface area (TPSA) is 108 Å². The van der Waals surface area contributed by atoms with E-state index in [1.807, 2.05) is 37.3 Å². The van der Waals surface area contributed by atoms with Crippen LogP contribution in [0.4, 0.5) is 0 Å². The van der Waals surface area contributed by atoms with Crippen LogP contribution in [-0.2, 0) is 35.0 Å². The molecule has 0 saturated heterocycles. The van der Waals surface area contributed by atoms with E-state index in [0.717, 1.165) is 10.1 Å². The number of rotatable bonds is 7. The number of hydrogen-bond acceptors (Lipinski definition) is 6. The predicted molar refractivity (Wildman–Crippen MR) is 113 cm³/mol. The van der Waals surface area contributed by atoms with Gasteiger partial charge in [-0.1, -0.05) is 30.3 Å². The van der Waals surface area contributed by atoms with Gasteiger partial charge >= 0.3 is 11.7 Å². The van der Waals surface area contributed by atoms with Crippen LogP contribution < -0.4 is 11.2 Å². The molecule has 1 atom stereocenters. The maximum absolute atomic E-state index is 12.4. The van der Waals surface area contributed by atoms with Crippen molar-refractivity contribution in [3.63, 3.8) is 0 Å². The Morgan fingerprint density at radius 3 is 2.48 bits per heavy atom. The number of hydrogen-bond donors (Lipinski definition) is 0. The second-order valence-corrected chi connectivity index (χ2v) is 7.32. The molecule has 0 aliphatic rings. The Hall–Kier alpha value is -3.69. The Labute approximate surface area is 178 Å². The first-order valence-electron chi connectivity index (χ1n) is 9.79. The maximum Gasteiger partial charge on any atom is 0.332 e. The fraction of sp³-hybridized carbons (Fsp3) is 0.381. The van der Waals surface area contributed by atoms with Crippen molar-refractivity contribution in [3.05, 3.63) is 63.1 Å². The van der Waals surface area contributed by atoms with Gasteiger partial charge in [-0.05, 0) is 12.5 Å². The van der Waals surface area contributed by atoms with Crippen LogP contribution in [0.2, 0.25) is 0 Å². The minimum Gasteiger partial charge on any atom is -0.456 e. The van der Waals surface area contributed by atoms with Crippen LogP contribution in [0.15, 0.2) is 46.2 Å². The molecule has 10 nitrogen and oxygen atoms in total. The first-order chi connectivity index (χ1) is 14.7. The number of nitrogens with zero attached hydrogens (tertiary/aromatic N) is 5. The third kappa shape index (κ3) is 4.42. The molecule has 2 heterocycles. The molecule has 0 radical (unpaired) electrons. The van der Waals surface area contributed by atoms with Crippen LogP contribution in [-0.4, -0.2) is 49.1 Å². The standard InChI is InChI=1S/C21H25N5O5/c1-14(15-8-6-5-7-9-15)23(2)16(27)12-31-17(28)10-11-26-13-22-19-18(26)20(29)25(4)21(30)24(19)3/h5-9,13-14H,10-12H2,1-4H3. The predicted octanol–water partition coefficient (Wildman–Crippen LogP) is 0.587. The highest BCUT2D eigenvalue weighted by Crippen LogP contribution is 2.18. The van der Waals surface area contributed by atoms with E-state index in [1.165, 1.54) is 34.5 Å². The van der Waals surface area contributed by atoms with Crippen molar-refractivity contribution in [1.29, 1.82) is 0 Å². The van der Waals surface area contributed by atoms with Crippen LogP contribution in [0.1, 0.15) is 24.9 Å². The summed E-state index contributed by atoms with van der Waals surface area (Å²) in [6, 6.07) is 9.39. The maximum atomic E-state index is 12.4. The summed E-state index contributed by atoms with van der Waals surface area (Å²) in [7, 11) is 4.56. The molecule has 10 heteroatoms. The Morgan fingerprint density at radius 1 is 1.13 bits per heavy atom. The molecule has 31 heavy (non-hydrogen) atoms. The van der Waals surface area contributed by atoms with E-state index in [0.29, 0.717) is 0 Å². The molecule has 0 bridgehead atoms. The molecule has 3 rings (SSSR count). The van der Waals surface area contributed by atoms with E-state index in [-0.39, 0.29) is 42.7 Å². The molecular weight excluding hydrogens is 402 g/mol. The Morgan fingerprint density at radius 2 is 1.81 bits per heavy atom. The van der Waals surface area contributed by atoms with E-state index in [1.54, 1.807) is 7.05 Å².